The Hall–Kier alpha value is -3.81. The lowest BCUT2D eigenvalue weighted by molar-refractivity contribution is 0.0601. The number of carbonyl (C=O) groups excluding carboxylic acids is 1. The molecule has 8 nitrogen and oxygen atoms in total. The predicted molar refractivity (Wildman–Crippen MR) is 103 cm³/mol. The fourth-order valence-corrected chi connectivity index (χ4v) is 2.83. The predicted octanol–water partition coefficient (Wildman–Crippen LogP) is 3.83. The molecular weight excluding hydrogens is 358 g/mol. The summed E-state index contributed by atoms with van der Waals surface area (Å²) in [5.74, 6) is 0.509. The topological polar surface area (TPSA) is 103 Å². The van der Waals surface area contributed by atoms with Gasteiger partial charge in [0.15, 0.2) is 11.5 Å². The summed E-state index contributed by atoms with van der Waals surface area (Å²) in [4.78, 5) is 24.9. The van der Waals surface area contributed by atoms with Crippen LogP contribution >= 0.6 is 0 Å². The molecule has 8 heteroatoms. The van der Waals surface area contributed by atoms with Crippen LogP contribution in [0.4, 0.5) is 11.4 Å². The number of fused-ring (bicyclic) bond motifs is 1. The molecular formula is C20H17N5O3. The van der Waals surface area contributed by atoms with Crippen molar-refractivity contribution in [1.82, 2.24) is 20.1 Å². The van der Waals surface area contributed by atoms with Crippen molar-refractivity contribution < 1.29 is 14.1 Å². The zero-order chi connectivity index (χ0) is 19.7. The third-order valence-corrected chi connectivity index (χ3v) is 4.20. The number of esters is 1. The smallest absolute Gasteiger partial charge is 0.337 e. The van der Waals surface area contributed by atoms with E-state index in [0.29, 0.717) is 28.5 Å². The average Bonchev–Trinajstić information content (AvgIpc) is 3.14. The quantitative estimate of drug-likeness (QED) is 0.537. The van der Waals surface area contributed by atoms with E-state index in [-0.39, 0.29) is 5.97 Å². The van der Waals surface area contributed by atoms with Crippen LogP contribution in [0.5, 0.6) is 0 Å². The first-order valence-electron chi connectivity index (χ1n) is 8.57. The molecule has 0 spiro atoms. The van der Waals surface area contributed by atoms with Gasteiger partial charge < -0.3 is 14.6 Å². The van der Waals surface area contributed by atoms with Crippen LogP contribution in [0.1, 0.15) is 21.9 Å². The van der Waals surface area contributed by atoms with Gasteiger partial charge in [0.25, 0.3) is 5.89 Å². The number of ether oxygens (including phenoxy) is 1. The normalized spacial score (nSPS) is 10.8. The average molecular weight is 375 g/mol. The van der Waals surface area contributed by atoms with Gasteiger partial charge in [-0.3, -0.25) is 0 Å². The number of anilines is 2. The number of carbonyl (C=O) groups is 1. The fourth-order valence-electron chi connectivity index (χ4n) is 2.83. The van der Waals surface area contributed by atoms with Crippen molar-refractivity contribution in [2.24, 2.45) is 0 Å². The number of benzene rings is 1. The Labute approximate surface area is 160 Å². The number of rotatable bonds is 4. The molecule has 0 aliphatic rings. The molecule has 0 amide bonds. The van der Waals surface area contributed by atoms with E-state index in [1.165, 1.54) is 7.11 Å². The third kappa shape index (κ3) is 3.27. The molecule has 3 heterocycles. The highest BCUT2D eigenvalue weighted by Crippen LogP contribution is 2.34. The molecule has 0 atom stereocenters. The Kier molecular flexibility index (Phi) is 4.44. The molecule has 1 aromatic carbocycles. The van der Waals surface area contributed by atoms with Crippen molar-refractivity contribution in [2.75, 3.05) is 12.4 Å². The first-order chi connectivity index (χ1) is 13.5. The summed E-state index contributed by atoms with van der Waals surface area (Å²) in [6, 6.07) is 10.8. The summed E-state index contributed by atoms with van der Waals surface area (Å²) in [6.07, 6.45) is 1.66. The maximum Gasteiger partial charge on any atom is 0.337 e. The van der Waals surface area contributed by atoms with Gasteiger partial charge in [0.05, 0.1) is 23.9 Å². The van der Waals surface area contributed by atoms with E-state index in [2.05, 4.69) is 25.4 Å². The highest BCUT2D eigenvalue weighted by molar-refractivity contribution is 5.98. The van der Waals surface area contributed by atoms with Gasteiger partial charge in [-0.2, -0.15) is 4.98 Å². The van der Waals surface area contributed by atoms with Gasteiger partial charge in [-0.25, -0.2) is 14.8 Å². The molecule has 0 saturated heterocycles. The summed E-state index contributed by atoms with van der Waals surface area (Å²) in [6.45, 7) is 3.67. The Morgan fingerprint density at radius 3 is 2.54 bits per heavy atom. The summed E-state index contributed by atoms with van der Waals surface area (Å²) >= 11 is 0. The monoisotopic (exact) mass is 375 g/mol. The largest absolute Gasteiger partial charge is 0.465 e. The van der Waals surface area contributed by atoms with Crippen LogP contribution in [-0.4, -0.2) is 33.2 Å². The van der Waals surface area contributed by atoms with Crippen molar-refractivity contribution in [2.45, 2.75) is 13.8 Å². The van der Waals surface area contributed by atoms with Crippen LogP contribution in [-0.2, 0) is 4.74 Å². The van der Waals surface area contributed by atoms with Gasteiger partial charge in [-0.05, 0) is 50.2 Å². The Balaban J connectivity index is 1.82. The maximum absolute atomic E-state index is 11.6. The Morgan fingerprint density at radius 2 is 1.86 bits per heavy atom. The number of aromatic nitrogens is 4. The first-order valence-corrected chi connectivity index (χ1v) is 8.57. The number of methoxy groups -OCH3 is 1. The molecule has 140 valence electrons. The van der Waals surface area contributed by atoms with E-state index in [9.17, 15) is 4.79 Å². The molecule has 3 aromatic heterocycles. The lowest BCUT2D eigenvalue weighted by Crippen LogP contribution is -2.02. The molecule has 0 unspecified atom stereocenters. The highest BCUT2D eigenvalue weighted by Gasteiger charge is 2.17. The molecule has 1 N–H and O–H groups in total. The van der Waals surface area contributed by atoms with Crippen LogP contribution in [0.3, 0.4) is 0 Å². The summed E-state index contributed by atoms with van der Waals surface area (Å²) < 4.78 is 10.1. The minimum absolute atomic E-state index is 0.362. The standard InChI is InChI=1S/C20H17N5O3/c1-11-4-9-15-17(24-14-7-5-13(6-8-14)20(26)27-3)16(10-21-18(15)22-11)19-23-12(2)25-28-19/h4-10H,1-3H3,(H,21,22,24). The third-order valence-electron chi connectivity index (χ3n) is 4.20. The maximum atomic E-state index is 11.6. The zero-order valence-corrected chi connectivity index (χ0v) is 15.6. The summed E-state index contributed by atoms with van der Waals surface area (Å²) in [7, 11) is 1.35. The van der Waals surface area contributed by atoms with E-state index in [1.54, 1.807) is 37.4 Å². The Bertz CT molecular complexity index is 1170. The molecule has 0 aliphatic heterocycles. The van der Waals surface area contributed by atoms with E-state index in [4.69, 9.17) is 9.26 Å². The van der Waals surface area contributed by atoms with Crippen LogP contribution in [0.25, 0.3) is 22.5 Å². The van der Waals surface area contributed by atoms with Gasteiger partial charge in [0.1, 0.15) is 0 Å². The van der Waals surface area contributed by atoms with Crippen LogP contribution in [0.2, 0.25) is 0 Å². The lowest BCUT2D eigenvalue weighted by Gasteiger charge is -2.13. The number of hydrogen-bond acceptors (Lipinski definition) is 8. The Morgan fingerprint density at radius 1 is 1.07 bits per heavy atom. The fraction of sp³-hybridized carbons (Fsp3) is 0.150. The molecule has 0 bridgehead atoms. The van der Waals surface area contributed by atoms with Gasteiger partial charge in [-0.1, -0.05) is 5.16 Å². The SMILES string of the molecule is COC(=O)c1ccc(Nc2c(-c3nc(C)no3)cnc3nc(C)ccc23)cc1. The molecule has 0 saturated carbocycles. The van der Waals surface area contributed by atoms with E-state index in [0.717, 1.165) is 22.5 Å². The lowest BCUT2D eigenvalue weighted by atomic mass is 10.1. The molecule has 4 aromatic rings. The molecule has 28 heavy (non-hydrogen) atoms. The first kappa shape index (κ1) is 17.6. The minimum atomic E-state index is -0.386. The van der Waals surface area contributed by atoms with Crippen molar-refractivity contribution >= 4 is 28.4 Å². The number of aryl methyl sites for hydroxylation is 2. The van der Waals surface area contributed by atoms with Gasteiger partial charge in [-0.15, -0.1) is 0 Å². The van der Waals surface area contributed by atoms with Crippen molar-refractivity contribution in [1.29, 1.82) is 0 Å². The van der Waals surface area contributed by atoms with Crippen molar-refractivity contribution in [3.8, 4) is 11.5 Å². The zero-order valence-electron chi connectivity index (χ0n) is 15.6. The second-order valence-electron chi connectivity index (χ2n) is 6.21. The number of nitrogens with one attached hydrogen (secondary N) is 1. The molecule has 4 rings (SSSR count). The van der Waals surface area contributed by atoms with E-state index < -0.39 is 0 Å². The second kappa shape index (κ2) is 7.07. The van der Waals surface area contributed by atoms with Crippen LogP contribution in [0.15, 0.2) is 47.1 Å². The van der Waals surface area contributed by atoms with E-state index >= 15 is 0 Å². The van der Waals surface area contributed by atoms with Crippen LogP contribution in [0, 0.1) is 13.8 Å². The number of nitrogens with zero attached hydrogens (tertiary/aromatic N) is 4. The van der Waals surface area contributed by atoms with Gasteiger partial charge in [0.2, 0.25) is 0 Å². The molecule has 0 aliphatic carbocycles. The molecule has 0 fully saturated rings. The van der Waals surface area contributed by atoms with Gasteiger partial charge >= 0.3 is 5.97 Å². The number of pyridine rings is 2. The van der Waals surface area contributed by atoms with E-state index in [1.807, 2.05) is 19.1 Å². The summed E-state index contributed by atoms with van der Waals surface area (Å²) in [5.41, 5.74) is 4.13. The van der Waals surface area contributed by atoms with Crippen molar-refractivity contribution in [3.63, 3.8) is 0 Å². The summed E-state index contributed by atoms with van der Waals surface area (Å²) in [5, 5.41) is 8.05. The highest BCUT2D eigenvalue weighted by atomic mass is 16.5. The minimum Gasteiger partial charge on any atom is -0.465 e. The van der Waals surface area contributed by atoms with Crippen LogP contribution < -0.4 is 5.32 Å². The van der Waals surface area contributed by atoms with Gasteiger partial charge in [0, 0.05) is 23.0 Å². The van der Waals surface area contributed by atoms with Crippen molar-refractivity contribution in [3.05, 3.63) is 59.7 Å². The number of hydrogen-bond donors (Lipinski definition) is 1. The second-order valence-corrected chi connectivity index (χ2v) is 6.21. The molecule has 0 radical (unpaired) electrons.